The van der Waals surface area contributed by atoms with Crippen LogP contribution >= 0.6 is 0 Å². The Morgan fingerprint density at radius 3 is 2.92 bits per heavy atom. The molecule has 1 N–H and O–H groups in total. The maximum Gasteiger partial charge on any atom is 0.261 e. The van der Waals surface area contributed by atoms with E-state index in [9.17, 15) is 4.79 Å². The molecule has 0 spiro atoms. The number of hydrazone groups is 1. The van der Waals surface area contributed by atoms with E-state index in [2.05, 4.69) is 20.8 Å². The van der Waals surface area contributed by atoms with Crippen molar-refractivity contribution in [1.82, 2.24) is 20.4 Å². The van der Waals surface area contributed by atoms with Gasteiger partial charge in [-0.3, -0.25) is 4.79 Å². The number of fused-ring (bicyclic) bond motifs is 1. The number of methoxy groups -OCH3 is 1. The molecule has 1 aromatic heterocycles. The van der Waals surface area contributed by atoms with Crippen molar-refractivity contribution in [3.8, 4) is 5.75 Å². The van der Waals surface area contributed by atoms with Crippen LogP contribution in [0.15, 0.2) is 53.6 Å². The first-order valence-electron chi connectivity index (χ1n) is 7.43. The molecule has 0 aliphatic heterocycles. The van der Waals surface area contributed by atoms with Crippen LogP contribution in [0.3, 0.4) is 0 Å². The standard InChI is InChI=1S/C17H17N5O2/c1-12(13-6-5-7-14(10-13)24-2)18-20-17(23)11-22-16-9-4-3-8-15(16)19-21-22/h3-10H,11H2,1-2H3,(H,20,23)/b18-12-. The van der Waals surface area contributed by atoms with Crippen LogP contribution in [0.2, 0.25) is 0 Å². The van der Waals surface area contributed by atoms with Crippen LogP contribution in [0, 0.1) is 0 Å². The number of nitrogens with zero attached hydrogens (tertiary/aromatic N) is 4. The topological polar surface area (TPSA) is 81.4 Å². The zero-order chi connectivity index (χ0) is 16.9. The van der Waals surface area contributed by atoms with Crippen molar-refractivity contribution in [2.45, 2.75) is 13.5 Å². The van der Waals surface area contributed by atoms with E-state index >= 15 is 0 Å². The van der Waals surface area contributed by atoms with Crippen molar-refractivity contribution >= 4 is 22.7 Å². The Morgan fingerprint density at radius 2 is 2.08 bits per heavy atom. The van der Waals surface area contributed by atoms with Crippen LogP contribution in [0.25, 0.3) is 11.0 Å². The Balaban J connectivity index is 1.68. The van der Waals surface area contributed by atoms with Crippen LogP contribution < -0.4 is 10.2 Å². The molecular formula is C17H17N5O2. The van der Waals surface area contributed by atoms with E-state index in [1.807, 2.05) is 55.5 Å². The van der Waals surface area contributed by atoms with Crippen LogP contribution in [0.1, 0.15) is 12.5 Å². The van der Waals surface area contributed by atoms with Crippen molar-refractivity contribution in [2.75, 3.05) is 7.11 Å². The molecule has 0 saturated carbocycles. The van der Waals surface area contributed by atoms with Crippen molar-refractivity contribution in [1.29, 1.82) is 0 Å². The molecule has 3 aromatic rings. The molecule has 24 heavy (non-hydrogen) atoms. The predicted octanol–water partition coefficient (Wildman–Crippen LogP) is 1.98. The van der Waals surface area contributed by atoms with Crippen LogP contribution in [-0.4, -0.2) is 33.7 Å². The largest absolute Gasteiger partial charge is 0.497 e. The summed E-state index contributed by atoms with van der Waals surface area (Å²) in [6.07, 6.45) is 0. The average molecular weight is 323 g/mol. The fourth-order valence-electron chi connectivity index (χ4n) is 2.26. The highest BCUT2D eigenvalue weighted by Crippen LogP contribution is 2.13. The van der Waals surface area contributed by atoms with Gasteiger partial charge in [0.25, 0.3) is 5.91 Å². The van der Waals surface area contributed by atoms with E-state index in [4.69, 9.17) is 4.74 Å². The van der Waals surface area contributed by atoms with E-state index in [0.717, 1.165) is 22.3 Å². The second kappa shape index (κ2) is 6.91. The van der Waals surface area contributed by atoms with Gasteiger partial charge in [-0.15, -0.1) is 5.10 Å². The van der Waals surface area contributed by atoms with Crippen molar-refractivity contribution in [3.05, 3.63) is 54.1 Å². The van der Waals surface area contributed by atoms with Crippen molar-refractivity contribution in [3.63, 3.8) is 0 Å². The fourth-order valence-corrected chi connectivity index (χ4v) is 2.26. The highest BCUT2D eigenvalue weighted by molar-refractivity contribution is 5.99. The molecule has 7 nitrogen and oxygen atoms in total. The lowest BCUT2D eigenvalue weighted by Gasteiger charge is -2.05. The average Bonchev–Trinajstić information content (AvgIpc) is 3.03. The van der Waals surface area contributed by atoms with E-state index < -0.39 is 0 Å². The number of hydrogen-bond acceptors (Lipinski definition) is 5. The molecule has 0 bridgehead atoms. The number of carbonyl (C=O) groups is 1. The molecule has 0 saturated heterocycles. The van der Waals surface area contributed by atoms with Gasteiger partial charge in [0.05, 0.1) is 18.3 Å². The summed E-state index contributed by atoms with van der Waals surface area (Å²) in [7, 11) is 1.61. The van der Waals surface area contributed by atoms with Gasteiger partial charge in [0.1, 0.15) is 17.8 Å². The number of nitrogens with one attached hydrogen (secondary N) is 1. The zero-order valence-corrected chi connectivity index (χ0v) is 13.4. The molecule has 1 amide bonds. The molecule has 122 valence electrons. The van der Waals surface area contributed by atoms with Crippen LogP contribution in [0.5, 0.6) is 5.75 Å². The van der Waals surface area contributed by atoms with E-state index in [0.29, 0.717) is 5.71 Å². The molecule has 7 heteroatoms. The number of para-hydroxylation sites is 1. The smallest absolute Gasteiger partial charge is 0.261 e. The van der Waals surface area contributed by atoms with Crippen LogP contribution in [0.4, 0.5) is 0 Å². The minimum Gasteiger partial charge on any atom is -0.497 e. The number of rotatable bonds is 5. The summed E-state index contributed by atoms with van der Waals surface area (Å²) in [4.78, 5) is 12.1. The Labute approximate surface area is 138 Å². The zero-order valence-electron chi connectivity index (χ0n) is 13.4. The highest BCUT2D eigenvalue weighted by atomic mass is 16.5. The lowest BCUT2D eigenvalue weighted by atomic mass is 10.1. The molecule has 0 aliphatic rings. The summed E-state index contributed by atoms with van der Waals surface area (Å²) in [6.45, 7) is 1.87. The molecule has 0 fully saturated rings. The number of carbonyl (C=O) groups excluding carboxylic acids is 1. The number of ether oxygens (including phenoxy) is 1. The van der Waals surface area contributed by atoms with Crippen LogP contribution in [-0.2, 0) is 11.3 Å². The molecule has 0 radical (unpaired) electrons. The van der Waals surface area contributed by atoms with Gasteiger partial charge in [-0.25, -0.2) is 10.1 Å². The number of aromatic nitrogens is 3. The quantitative estimate of drug-likeness (QED) is 0.575. The Hall–Kier alpha value is -3.22. The number of hydrogen-bond donors (Lipinski definition) is 1. The SMILES string of the molecule is COc1cccc(/C(C)=N\NC(=O)Cn2nnc3ccccc32)c1. The monoisotopic (exact) mass is 323 g/mol. The van der Waals surface area contributed by atoms with Crippen molar-refractivity contribution in [2.24, 2.45) is 5.10 Å². The maximum atomic E-state index is 12.1. The molecule has 0 unspecified atom stereocenters. The third-order valence-electron chi connectivity index (χ3n) is 3.55. The van der Waals surface area contributed by atoms with Gasteiger partial charge in [0.2, 0.25) is 0 Å². The van der Waals surface area contributed by atoms with Gasteiger partial charge in [-0.2, -0.15) is 5.10 Å². The second-order valence-corrected chi connectivity index (χ2v) is 5.20. The molecule has 3 rings (SSSR count). The van der Waals surface area contributed by atoms with E-state index in [1.54, 1.807) is 11.8 Å². The Morgan fingerprint density at radius 1 is 1.25 bits per heavy atom. The molecule has 0 atom stereocenters. The summed E-state index contributed by atoms with van der Waals surface area (Å²) >= 11 is 0. The summed E-state index contributed by atoms with van der Waals surface area (Å²) in [5.41, 5.74) is 5.66. The fraction of sp³-hybridized carbons (Fsp3) is 0.176. The van der Waals surface area contributed by atoms with Crippen molar-refractivity contribution < 1.29 is 9.53 Å². The van der Waals surface area contributed by atoms with E-state index in [1.165, 1.54) is 0 Å². The normalized spacial score (nSPS) is 11.5. The minimum absolute atomic E-state index is 0.0510. The molecule has 2 aromatic carbocycles. The second-order valence-electron chi connectivity index (χ2n) is 5.20. The third kappa shape index (κ3) is 3.40. The van der Waals surface area contributed by atoms with Gasteiger partial charge in [0.15, 0.2) is 0 Å². The summed E-state index contributed by atoms with van der Waals surface area (Å²) in [5.74, 6) is 0.468. The Bertz CT molecular complexity index is 901. The van der Waals surface area contributed by atoms with Gasteiger partial charge < -0.3 is 4.74 Å². The third-order valence-corrected chi connectivity index (χ3v) is 3.55. The molecular weight excluding hydrogens is 306 g/mol. The summed E-state index contributed by atoms with van der Waals surface area (Å²) in [5, 5.41) is 12.1. The van der Waals surface area contributed by atoms with Gasteiger partial charge in [-0.05, 0) is 31.2 Å². The lowest BCUT2D eigenvalue weighted by molar-refractivity contribution is -0.121. The maximum absolute atomic E-state index is 12.1. The minimum atomic E-state index is -0.270. The molecule has 0 aliphatic carbocycles. The van der Waals surface area contributed by atoms with E-state index in [-0.39, 0.29) is 12.5 Å². The first kappa shape index (κ1) is 15.7. The highest BCUT2D eigenvalue weighted by Gasteiger charge is 2.08. The summed E-state index contributed by atoms with van der Waals surface area (Å²) in [6, 6.07) is 15.0. The Kier molecular flexibility index (Phi) is 4.51. The number of amides is 1. The van der Waals surface area contributed by atoms with Gasteiger partial charge in [-0.1, -0.05) is 29.5 Å². The first-order valence-corrected chi connectivity index (χ1v) is 7.43. The predicted molar refractivity (Wildman–Crippen MR) is 90.9 cm³/mol. The molecule has 1 heterocycles. The first-order chi connectivity index (χ1) is 11.7. The summed E-state index contributed by atoms with van der Waals surface area (Å²) < 4.78 is 6.72. The number of benzene rings is 2. The lowest BCUT2D eigenvalue weighted by Crippen LogP contribution is -2.24. The van der Waals surface area contributed by atoms with Gasteiger partial charge >= 0.3 is 0 Å². The van der Waals surface area contributed by atoms with Gasteiger partial charge in [0, 0.05) is 5.56 Å².